The second-order valence-electron chi connectivity index (χ2n) is 7.00. The number of aromatic nitrogens is 2. The number of carbonyl (C=O) groups is 2. The second-order valence-corrected chi connectivity index (χ2v) is 7.95. The number of carbonyl (C=O) groups excluding carboxylic acids is 2. The molecule has 2 aromatic carbocycles. The highest BCUT2D eigenvalue weighted by Crippen LogP contribution is 2.27. The van der Waals surface area contributed by atoms with Crippen molar-refractivity contribution in [3.8, 4) is 11.3 Å². The van der Waals surface area contributed by atoms with Crippen LogP contribution in [0, 0.1) is 0 Å². The van der Waals surface area contributed by atoms with Crippen LogP contribution in [0.5, 0.6) is 0 Å². The van der Waals surface area contributed by atoms with Crippen LogP contribution >= 0.6 is 11.8 Å². The fraction of sp³-hybridized carbons (Fsp3) is 0.125. The van der Waals surface area contributed by atoms with Crippen molar-refractivity contribution in [3.63, 3.8) is 0 Å². The van der Waals surface area contributed by atoms with Gasteiger partial charge < -0.3 is 8.98 Å². The van der Waals surface area contributed by atoms with Gasteiger partial charge in [-0.25, -0.2) is 4.98 Å². The van der Waals surface area contributed by atoms with Crippen molar-refractivity contribution in [1.82, 2.24) is 20.4 Å². The predicted molar refractivity (Wildman–Crippen MR) is 123 cm³/mol. The van der Waals surface area contributed by atoms with Crippen molar-refractivity contribution < 1.29 is 14.0 Å². The summed E-state index contributed by atoms with van der Waals surface area (Å²) in [6.07, 6.45) is 3.62. The van der Waals surface area contributed by atoms with Gasteiger partial charge in [0, 0.05) is 0 Å². The average Bonchev–Trinajstić information content (AvgIpc) is 3.48. The highest BCUT2D eigenvalue weighted by atomic mass is 32.2. The lowest BCUT2D eigenvalue weighted by Gasteiger charge is -2.11. The third-order valence-corrected chi connectivity index (χ3v) is 5.65. The molecule has 2 N–H and O–H groups in total. The summed E-state index contributed by atoms with van der Waals surface area (Å²) in [5.41, 5.74) is 7.75. The molecule has 0 aliphatic heterocycles. The van der Waals surface area contributed by atoms with Crippen molar-refractivity contribution in [1.29, 1.82) is 0 Å². The maximum Gasteiger partial charge on any atom is 0.248 e. The van der Waals surface area contributed by atoms with Gasteiger partial charge in [0.05, 0.1) is 36.9 Å². The molecule has 4 aromatic rings. The van der Waals surface area contributed by atoms with Crippen molar-refractivity contribution in [2.24, 2.45) is 0 Å². The van der Waals surface area contributed by atoms with E-state index in [9.17, 15) is 9.59 Å². The summed E-state index contributed by atoms with van der Waals surface area (Å²) in [7, 11) is 0. The van der Waals surface area contributed by atoms with Crippen LogP contribution in [0.3, 0.4) is 0 Å². The number of nitrogens with zero attached hydrogens (tertiary/aromatic N) is 2. The van der Waals surface area contributed by atoms with Crippen LogP contribution in [-0.4, -0.2) is 27.1 Å². The first-order valence-corrected chi connectivity index (χ1v) is 11.1. The van der Waals surface area contributed by atoms with Crippen LogP contribution < -0.4 is 10.9 Å². The number of hydrogen-bond acceptors (Lipinski definition) is 5. The molecule has 0 aliphatic rings. The summed E-state index contributed by atoms with van der Waals surface area (Å²) in [6, 6.07) is 23.0. The lowest BCUT2D eigenvalue weighted by molar-refractivity contribution is -0.127. The van der Waals surface area contributed by atoms with E-state index < -0.39 is 0 Å². The molecule has 0 atom stereocenters. The van der Waals surface area contributed by atoms with E-state index in [1.807, 2.05) is 77.4 Å². The maximum atomic E-state index is 12.3. The summed E-state index contributed by atoms with van der Waals surface area (Å²) in [4.78, 5) is 28.8. The molecule has 2 heterocycles. The summed E-state index contributed by atoms with van der Waals surface area (Å²) < 4.78 is 7.52. The number of rotatable bonds is 8. The molecule has 8 heteroatoms. The number of furan rings is 1. The van der Waals surface area contributed by atoms with Gasteiger partial charge in [-0.15, -0.1) is 0 Å². The highest BCUT2D eigenvalue weighted by molar-refractivity contribution is 7.99. The summed E-state index contributed by atoms with van der Waals surface area (Å²) in [5, 5.41) is 0.686. The molecule has 162 valence electrons. The lowest BCUT2D eigenvalue weighted by Crippen LogP contribution is -2.43. The lowest BCUT2D eigenvalue weighted by atomic mass is 10.1. The van der Waals surface area contributed by atoms with Crippen LogP contribution in [0.25, 0.3) is 11.3 Å². The maximum absolute atomic E-state index is 12.3. The van der Waals surface area contributed by atoms with Gasteiger partial charge in [-0.05, 0) is 23.3 Å². The van der Waals surface area contributed by atoms with E-state index in [0.717, 1.165) is 22.6 Å². The third kappa shape index (κ3) is 5.67. The minimum atomic E-state index is -0.315. The Morgan fingerprint density at radius 1 is 0.906 bits per heavy atom. The fourth-order valence-electron chi connectivity index (χ4n) is 3.16. The van der Waals surface area contributed by atoms with Gasteiger partial charge in [0.1, 0.15) is 5.76 Å². The molecule has 7 nitrogen and oxygen atoms in total. The quantitative estimate of drug-likeness (QED) is 0.318. The SMILES string of the molecule is O=C(CSc1ncc(-c2ccccc2)n1Cc1ccco1)NNC(=O)Cc1ccccc1. The number of hydrazine groups is 1. The molecule has 2 amide bonds. The van der Waals surface area contributed by atoms with Crippen LogP contribution in [0.1, 0.15) is 11.3 Å². The fourth-order valence-corrected chi connectivity index (χ4v) is 3.93. The van der Waals surface area contributed by atoms with Crippen molar-refractivity contribution >= 4 is 23.6 Å². The molecule has 0 fully saturated rings. The first kappa shape index (κ1) is 21.5. The monoisotopic (exact) mass is 446 g/mol. The molecule has 0 bridgehead atoms. The Balaban J connectivity index is 1.37. The third-order valence-electron chi connectivity index (χ3n) is 4.66. The minimum absolute atomic E-state index is 0.106. The predicted octanol–water partition coefficient (Wildman–Crippen LogP) is 3.67. The normalized spacial score (nSPS) is 10.6. The van der Waals surface area contributed by atoms with E-state index >= 15 is 0 Å². The molecule has 0 spiro atoms. The van der Waals surface area contributed by atoms with Crippen LogP contribution in [0.4, 0.5) is 0 Å². The molecular weight excluding hydrogens is 424 g/mol. The van der Waals surface area contributed by atoms with Crippen LogP contribution in [0.15, 0.2) is 94.8 Å². The molecule has 0 saturated heterocycles. The standard InChI is InChI=1S/C24H22N4O3S/c29-22(14-18-8-3-1-4-9-18)26-27-23(30)17-32-24-25-15-21(19-10-5-2-6-11-19)28(24)16-20-12-7-13-31-20/h1-13,15H,14,16-17H2,(H,26,29)(H,27,30). The number of amides is 2. The zero-order valence-corrected chi connectivity index (χ0v) is 18.0. The van der Waals surface area contributed by atoms with Gasteiger partial charge in [-0.1, -0.05) is 72.4 Å². The topological polar surface area (TPSA) is 89.2 Å². The Kier molecular flexibility index (Phi) is 7.04. The van der Waals surface area contributed by atoms with Crippen molar-refractivity contribution in [3.05, 3.63) is 96.6 Å². The van der Waals surface area contributed by atoms with Gasteiger partial charge >= 0.3 is 0 Å². The number of thioether (sulfide) groups is 1. The summed E-state index contributed by atoms with van der Waals surface area (Å²) in [6.45, 7) is 0.495. The smallest absolute Gasteiger partial charge is 0.248 e. The Morgan fingerprint density at radius 2 is 1.62 bits per heavy atom. The van der Waals surface area contributed by atoms with Gasteiger partial charge in [-0.2, -0.15) is 0 Å². The number of benzene rings is 2. The zero-order chi connectivity index (χ0) is 22.2. The number of imidazole rings is 1. The number of nitrogens with one attached hydrogen (secondary N) is 2. The van der Waals surface area contributed by atoms with E-state index in [-0.39, 0.29) is 24.0 Å². The summed E-state index contributed by atoms with van der Waals surface area (Å²) in [5.74, 6) is 0.305. The van der Waals surface area contributed by atoms with E-state index in [0.29, 0.717) is 11.7 Å². The van der Waals surface area contributed by atoms with E-state index in [2.05, 4.69) is 15.8 Å². The molecule has 0 unspecified atom stereocenters. The molecule has 0 aliphatic carbocycles. The molecule has 0 saturated carbocycles. The van der Waals surface area contributed by atoms with Crippen molar-refractivity contribution in [2.45, 2.75) is 18.1 Å². The van der Waals surface area contributed by atoms with Crippen molar-refractivity contribution in [2.75, 3.05) is 5.75 Å². The molecule has 32 heavy (non-hydrogen) atoms. The Hall–Kier alpha value is -3.78. The van der Waals surface area contributed by atoms with E-state index in [1.165, 1.54) is 11.8 Å². The van der Waals surface area contributed by atoms with Gasteiger partial charge in [0.2, 0.25) is 11.8 Å². The van der Waals surface area contributed by atoms with Crippen LogP contribution in [0.2, 0.25) is 0 Å². The average molecular weight is 447 g/mol. The highest BCUT2D eigenvalue weighted by Gasteiger charge is 2.15. The minimum Gasteiger partial charge on any atom is -0.467 e. The molecule has 4 rings (SSSR count). The van der Waals surface area contributed by atoms with Gasteiger partial charge in [0.15, 0.2) is 5.16 Å². The first-order chi connectivity index (χ1) is 15.7. The van der Waals surface area contributed by atoms with Crippen LogP contribution in [-0.2, 0) is 22.6 Å². The Morgan fingerprint density at radius 3 is 2.34 bits per heavy atom. The van der Waals surface area contributed by atoms with Gasteiger partial charge in [-0.3, -0.25) is 20.4 Å². The number of hydrogen-bond donors (Lipinski definition) is 2. The molecule has 0 radical (unpaired) electrons. The zero-order valence-electron chi connectivity index (χ0n) is 17.2. The molecule has 2 aromatic heterocycles. The van der Waals surface area contributed by atoms with E-state index in [1.54, 1.807) is 12.5 Å². The first-order valence-electron chi connectivity index (χ1n) is 10.1. The summed E-state index contributed by atoms with van der Waals surface area (Å²) >= 11 is 1.29. The molecular formula is C24H22N4O3S. The largest absolute Gasteiger partial charge is 0.467 e. The second kappa shape index (κ2) is 10.5. The Bertz CT molecular complexity index is 1160. The Labute approximate surface area is 189 Å². The van der Waals surface area contributed by atoms with E-state index in [4.69, 9.17) is 4.42 Å². The van der Waals surface area contributed by atoms with Gasteiger partial charge in [0.25, 0.3) is 0 Å².